The summed E-state index contributed by atoms with van der Waals surface area (Å²) in [6, 6.07) is 1.28. The SMILES string of the molecule is CC1CN(C2CCCC(C)(C)CC2)CCC1N. The van der Waals surface area contributed by atoms with Crippen LogP contribution in [0.5, 0.6) is 0 Å². The van der Waals surface area contributed by atoms with E-state index in [1.807, 2.05) is 0 Å². The summed E-state index contributed by atoms with van der Waals surface area (Å²) in [7, 11) is 0. The number of nitrogens with zero attached hydrogens (tertiary/aromatic N) is 1. The van der Waals surface area contributed by atoms with E-state index in [4.69, 9.17) is 5.73 Å². The maximum atomic E-state index is 6.12. The Morgan fingerprint density at radius 3 is 2.59 bits per heavy atom. The van der Waals surface area contributed by atoms with Gasteiger partial charge in [0.05, 0.1) is 0 Å². The van der Waals surface area contributed by atoms with Gasteiger partial charge in [-0.1, -0.05) is 27.2 Å². The lowest BCUT2D eigenvalue weighted by molar-refractivity contribution is 0.104. The third-order valence-corrected chi connectivity index (χ3v) is 5.06. The van der Waals surface area contributed by atoms with Crippen molar-refractivity contribution in [3.05, 3.63) is 0 Å². The van der Waals surface area contributed by atoms with E-state index in [0.29, 0.717) is 17.4 Å². The Balaban J connectivity index is 1.90. The van der Waals surface area contributed by atoms with Crippen LogP contribution in [0.3, 0.4) is 0 Å². The molecule has 2 nitrogen and oxygen atoms in total. The summed E-state index contributed by atoms with van der Waals surface area (Å²) in [6.07, 6.45) is 8.22. The second-order valence-corrected chi connectivity index (χ2v) is 7.17. The van der Waals surface area contributed by atoms with E-state index in [1.54, 1.807) is 0 Å². The monoisotopic (exact) mass is 238 g/mol. The number of rotatable bonds is 1. The smallest absolute Gasteiger partial charge is 0.00955 e. The van der Waals surface area contributed by atoms with E-state index in [9.17, 15) is 0 Å². The Morgan fingerprint density at radius 1 is 1.12 bits per heavy atom. The van der Waals surface area contributed by atoms with Crippen LogP contribution in [0.2, 0.25) is 0 Å². The lowest BCUT2D eigenvalue weighted by Crippen LogP contribution is -2.49. The molecule has 2 N–H and O–H groups in total. The first kappa shape index (κ1) is 13.4. The quantitative estimate of drug-likeness (QED) is 0.712. The van der Waals surface area contributed by atoms with Gasteiger partial charge in [-0.3, -0.25) is 0 Å². The lowest BCUT2D eigenvalue weighted by atomic mass is 9.85. The molecule has 0 aromatic heterocycles. The zero-order valence-corrected chi connectivity index (χ0v) is 11.9. The lowest BCUT2D eigenvalue weighted by Gasteiger charge is -2.40. The summed E-state index contributed by atoms with van der Waals surface area (Å²) in [5.74, 6) is 0.681. The molecule has 1 saturated heterocycles. The Morgan fingerprint density at radius 2 is 1.88 bits per heavy atom. The Hall–Kier alpha value is -0.0800. The molecule has 1 aliphatic heterocycles. The highest BCUT2D eigenvalue weighted by atomic mass is 15.2. The molecule has 3 unspecified atom stereocenters. The third kappa shape index (κ3) is 3.45. The summed E-state index contributed by atoms with van der Waals surface area (Å²) in [6.45, 7) is 9.65. The van der Waals surface area contributed by atoms with Crippen LogP contribution in [-0.4, -0.2) is 30.1 Å². The van der Waals surface area contributed by atoms with Crippen molar-refractivity contribution in [3.8, 4) is 0 Å². The molecule has 2 fully saturated rings. The number of hydrogen-bond acceptors (Lipinski definition) is 2. The van der Waals surface area contributed by atoms with Crippen LogP contribution >= 0.6 is 0 Å². The summed E-state index contributed by atoms with van der Waals surface area (Å²) in [5, 5.41) is 0. The molecule has 1 aliphatic carbocycles. The average molecular weight is 238 g/mol. The van der Waals surface area contributed by atoms with Crippen molar-refractivity contribution in [1.29, 1.82) is 0 Å². The van der Waals surface area contributed by atoms with Gasteiger partial charge >= 0.3 is 0 Å². The van der Waals surface area contributed by atoms with E-state index in [2.05, 4.69) is 25.7 Å². The molecule has 0 spiro atoms. The van der Waals surface area contributed by atoms with Gasteiger partial charge in [0, 0.05) is 18.6 Å². The molecular formula is C15H30N2. The van der Waals surface area contributed by atoms with Crippen molar-refractivity contribution in [2.24, 2.45) is 17.1 Å². The molecule has 100 valence electrons. The number of nitrogens with two attached hydrogens (primary N) is 1. The zero-order valence-electron chi connectivity index (χ0n) is 11.9. The van der Waals surface area contributed by atoms with Crippen LogP contribution in [0.15, 0.2) is 0 Å². The van der Waals surface area contributed by atoms with Gasteiger partial charge in [0.25, 0.3) is 0 Å². The van der Waals surface area contributed by atoms with E-state index in [-0.39, 0.29) is 0 Å². The van der Waals surface area contributed by atoms with Gasteiger partial charge in [0.15, 0.2) is 0 Å². The first-order valence-electron chi connectivity index (χ1n) is 7.47. The van der Waals surface area contributed by atoms with Gasteiger partial charge < -0.3 is 10.6 Å². The first-order chi connectivity index (χ1) is 7.98. The molecule has 2 heteroatoms. The normalized spacial score (nSPS) is 39.9. The van der Waals surface area contributed by atoms with Crippen LogP contribution in [0.4, 0.5) is 0 Å². The first-order valence-corrected chi connectivity index (χ1v) is 7.47. The average Bonchev–Trinajstić information content (AvgIpc) is 2.44. The second kappa shape index (κ2) is 5.27. The molecule has 0 radical (unpaired) electrons. The molecule has 0 bridgehead atoms. The molecule has 0 aromatic rings. The molecule has 0 amide bonds. The van der Waals surface area contributed by atoms with Crippen molar-refractivity contribution >= 4 is 0 Å². The van der Waals surface area contributed by atoms with Crippen molar-refractivity contribution < 1.29 is 0 Å². The molecule has 2 rings (SSSR count). The third-order valence-electron chi connectivity index (χ3n) is 5.06. The van der Waals surface area contributed by atoms with Crippen LogP contribution < -0.4 is 5.73 Å². The fourth-order valence-corrected chi connectivity index (χ4v) is 3.54. The van der Waals surface area contributed by atoms with Crippen LogP contribution in [-0.2, 0) is 0 Å². The fraction of sp³-hybridized carbons (Fsp3) is 1.00. The molecule has 0 aromatic carbocycles. The fourth-order valence-electron chi connectivity index (χ4n) is 3.54. The Kier molecular flexibility index (Phi) is 4.14. The van der Waals surface area contributed by atoms with E-state index >= 15 is 0 Å². The highest BCUT2D eigenvalue weighted by molar-refractivity contribution is 4.87. The highest BCUT2D eigenvalue weighted by Gasteiger charge is 2.31. The van der Waals surface area contributed by atoms with Gasteiger partial charge in [-0.2, -0.15) is 0 Å². The zero-order chi connectivity index (χ0) is 12.5. The minimum Gasteiger partial charge on any atom is -0.327 e. The summed E-state index contributed by atoms with van der Waals surface area (Å²) in [5.41, 5.74) is 6.69. The van der Waals surface area contributed by atoms with Crippen molar-refractivity contribution in [2.45, 2.75) is 71.4 Å². The Bertz CT molecular complexity index is 249. The van der Waals surface area contributed by atoms with E-state index in [0.717, 1.165) is 6.04 Å². The largest absolute Gasteiger partial charge is 0.327 e. The maximum Gasteiger partial charge on any atom is 0.00955 e. The minimum atomic E-state index is 0.438. The predicted molar refractivity (Wildman–Crippen MR) is 74.0 cm³/mol. The molecule has 3 atom stereocenters. The summed E-state index contributed by atoms with van der Waals surface area (Å²) < 4.78 is 0. The van der Waals surface area contributed by atoms with E-state index in [1.165, 1.54) is 51.6 Å². The van der Waals surface area contributed by atoms with Gasteiger partial charge in [0.1, 0.15) is 0 Å². The number of piperidine rings is 1. The van der Waals surface area contributed by atoms with Gasteiger partial charge in [-0.15, -0.1) is 0 Å². The Labute approximate surface area is 107 Å². The van der Waals surface area contributed by atoms with Crippen molar-refractivity contribution in [3.63, 3.8) is 0 Å². The predicted octanol–water partition coefficient (Wildman–Crippen LogP) is 3.01. The van der Waals surface area contributed by atoms with Crippen molar-refractivity contribution in [1.82, 2.24) is 4.90 Å². The van der Waals surface area contributed by atoms with Gasteiger partial charge in [-0.05, 0) is 50.0 Å². The topological polar surface area (TPSA) is 29.3 Å². The number of likely N-dealkylation sites (tertiary alicyclic amines) is 1. The minimum absolute atomic E-state index is 0.438. The molecule has 2 aliphatic rings. The number of hydrogen-bond donors (Lipinski definition) is 1. The van der Waals surface area contributed by atoms with Crippen molar-refractivity contribution in [2.75, 3.05) is 13.1 Å². The summed E-state index contributed by atoms with van der Waals surface area (Å²) >= 11 is 0. The van der Waals surface area contributed by atoms with E-state index < -0.39 is 0 Å². The molecule has 1 saturated carbocycles. The highest BCUT2D eigenvalue weighted by Crippen LogP contribution is 2.36. The molecule has 1 heterocycles. The molecular weight excluding hydrogens is 208 g/mol. The van der Waals surface area contributed by atoms with Crippen LogP contribution in [0, 0.1) is 11.3 Å². The summed E-state index contributed by atoms with van der Waals surface area (Å²) in [4.78, 5) is 2.73. The second-order valence-electron chi connectivity index (χ2n) is 7.17. The van der Waals surface area contributed by atoms with Crippen LogP contribution in [0.25, 0.3) is 0 Å². The van der Waals surface area contributed by atoms with Gasteiger partial charge in [0.2, 0.25) is 0 Å². The standard InChI is InChI=1S/C15H30N2/c1-12-11-17(10-7-14(12)16)13-5-4-8-15(2,3)9-6-13/h12-14H,4-11,16H2,1-3H3. The van der Waals surface area contributed by atoms with Crippen LogP contribution in [0.1, 0.15) is 59.3 Å². The molecule has 17 heavy (non-hydrogen) atoms. The maximum absolute atomic E-state index is 6.12. The van der Waals surface area contributed by atoms with Gasteiger partial charge in [-0.25, -0.2) is 0 Å².